The van der Waals surface area contributed by atoms with Crippen molar-refractivity contribution in [3.8, 4) is 0 Å². The number of carbonyl (C=O) groups excluding carboxylic acids is 2. The molecule has 24 heavy (non-hydrogen) atoms. The summed E-state index contributed by atoms with van der Waals surface area (Å²) < 4.78 is 10.1. The third kappa shape index (κ3) is 2.77. The molecule has 2 aliphatic rings. The van der Waals surface area contributed by atoms with Crippen LogP contribution >= 0.6 is 0 Å². The monoisotopic (exact) mass is 329 g/mol. The van der Waals surface area contributed by atoms with Crippen molar-refractivity contribution in [2.45, 2.75) is 25.0 Å². The Bertz CT molecular complexity index is 777. The molecule has 7 heteroatoms. The number of cyclic esters (lactones) is 1. The minimum Gasteiger partial charge on any atom is -0.430 e. The predicted molar refractivity (Wildman–Crippen MR) is 86.5 cm³/mol. The van der Waals surface area contributed by atoms with Gasteiger partial charge in [-0.15, -0.1) is 0 Å². The highest BCUT2D eigenvalue weighted by molar-refractivity contribution is 5.80. The lowest BCUT2D eigenvalue weighted by Gasteiger charge is -2.36. The lowest BCUT2D eigenvalue weighted by Crippen LogP contribution is -2.50. The Kier molecular flexibility index (Phi) is 3.55. The lowest BCUT2D eigenvalue weighted by atomic mass is 9.92. The molecule has 0 atom stereocenters. The number of aromatic amines is 1. The molecule has 2 N–H and O–H groups in total. The molecule has 0 bridgehead atoms. The van der Waals surface area contributed by atoms with Gasteiger partial charge in [0.05, 0.1) is 0 Å². The van der Waals surface area contributed by atoms with Gasteiger partial charge in [-0.1, -0.05) is 12.1 Å². The Balaban J connectivity index is 1.31. The van der Waals surface area contributed by atoms with E-state index < -0.39 is 11.8 Å². The average Bonchev–Trinajstić information content (AvgIpc) is 3.20. The highest BCUT2D eigenvalue weighted by atomic mass is 16.8. The second-order valence-electron chi connectivity index (χ2n) is 6.37. The first-order valence-corrected chi connectivity index (χ1v) is 8.08. The van der Waals surface area contributed by atoms with Crippen molar-refractivity contribution in [1.29, 1.82) is 0 Å². The fourth-order valence-corrected chi connectivity index (χ4v) is 3.28. The van der Waals surface area contributed by atoms with Gasteiger partial charge in [-0.3, -0.25) is 0 Å². The van der Waals surface area contributed by atoms with E-state index in [2.05, 4.69) is 10.3 Å². The number of nitrogens with one attached hydrogen (secondary N) is 2. The molecule has 0 aliphatic carbocycles. The average molecular weight is 329 g/mol. The smallest absolute Gasteiger partial charge is 0.430 e. The highest BCUT2D eigenvalue weighted by Crippen LogP contribution is 2.31. The Morgan fingerprint density at radius 2 is 2.12 bits per heavy atom. The molecular formula is C17H19N3O4. The van der Waals surface area contributed by atoms with Crippen LogP contribution in [0.25, 0.3) is 10.9 Å². The summed E-state index contributed by atoms with van der Waals surface area (Å²) in [6.07, 6.45) is 2.52. The molecule has 0 radical (unpaired) electrons. The van der Waals surface area contributed by atoms with Crippen LogP contribution in [0.4, 0.5) is 9.59 Å². The number of H-pyrrole nitrogens is 1. The SMILES string of the molecule is O=C1OCC2(CCN(C(=O)NCc3ccc4cc[nH]c4c3)CC2)O1. The minimum atomic E-state index is -0.604. The molecule has 1 aromatic carbocycles. The third-order valence-electron chi connectivity index (χ3n) is 4.78. The molecule has 1 spiro atoms. The van der Waals surface area contributed by atoms with E-state index in [9.17, 15) is 9.59 Å². The van der Waals surface area contributed by atoms with E-state index in [1.54, 1.807) is 4.90 Å². The first-order chi connectivity index (χ1) is 11.6. The number of ether oxygens (including phenoxy) is 2. The number of hydrogen-bond acceptors (Lipinski definition) is 4. The first-order valence-electron chi connectivity index (χ1n) is 8.08. The second kappa shape index (κ2) is 5.74. The van der Waals surface area contributed by atoms with Gasteiger partial charge in [0.1, 0.15) is 6.61 Å². The Morgan fingerprint density at radius 3 is 2.88 bits per heavy atom. The number of carbonyl (C=O) groups is 2. The van der Waals surface area contributed by atoms with Crippen molar-refractivity contribution in [3.05, 3.63) is 36.0 Å². The summed E-state index contributed by atoms with van der Waals surface area (Å²) in [6, 6.07) is 8.00. The summed E-state index contributed by atoms with van der Waals surface area (Å²) in [4.78, 5) is 28.4. The topological polar surface area (TPSA) is 83.7 Å². The van der Waals surface area contributed by atoms with Gasteiger partial charge in [-0.2, -0.15) is 0 Å². The summed E-state index contributed by atoms with van der Waals surface area (Å²) >= 11 is 0. The van der Waals surface area contributed by atoms with Gasteiger partial charge in [0.2, 0.25) is 0 Å². The van der Waals surface area contributed by atoms with Gasteiger partial charge < -0.3 is 24.7 Å². The molecule has 0 saturated carbocycles. The van der Waals surface area contributed by atoms with Crippen LogP contribution in [0.2, 0.25) is 0 Å². The molecular weight excluding hydrogens is 310 g/mol. The zero-order chi connectivity index (χ0) is 16.6. The number of fused-ring (bicyclic) bond motifs is 1. The van der Waals surface area contributed by atoms with Crippen LogP contribution in [-0.4, -0.2) is 47.4 Å². The second-order valence-corrected chi connectivity index (χ2v) is 6.37. The minimum absolute atomic E-state index is 0.0957. The molecule has 2 saturated heterocycles. The molecule has 2 aliphatic heterocycles. The van der Waals surface area contributed by atoms with Crippen molar-refractivity contribution < 1.29 is 19.1 Å². The molecule has 4 rings (SSSR count). The van der Waals surface area contributed by atoms with Crippen LogP contribution in [0.5, 0.6) is 0 Å². The number of aromatic nitrogens is 1. The van der Waals surface area contributed by atoms with Crippen LogP contribution in [0, 0.1) is 0 Å². The number of urea groups is 1. The summed E-state index contributed by atoms with van der Waals surface area (Å²) in [5.74, 6) is 0. The molecule has 2 amide bonds. The van der Waals surface area contributed by atoms with Crippen molar-refractivity contribution in [3.63, 3.8) is 0 Å². The van der Waals surface area contributed by atoms with Crippen molar-refractivity contribution in [2.24, 2.45) is 0 Å². The van der Waals surface area contributed by atoms with E-state index in [4.69, 9.17) is 9.47 Å². The summed E-state index contributed by atoms with van der Waals surface area (Å²) in [5.41, 5.74) is 1.57. The standard InChI is InChI=1S/C17H19N3O4/c21-15(19-10-12-1-2-13-3-6-18-14(13)9-12)20-7-4-17(5-8-20)11-23-16(22)24-17/h1-3,6,9,18H,4-5,7-8,10-11H2,(H,19,21). The van der Waals surface area contributed by atoms with Crippen LogP contribution in [0.1, 0.15) is 18.4 Å². The summed E-state index contributed by atoms with van der Waals surface area (Å²) in [5, 5.41) is 4.10. The quantitative estimate of drug-likeness (QED) is 0.829. The maximum Gasteiger partial charge on any atom is 0.509 e. The van der Waals surface area contributed by atoms with E-state index >= 15 is 0 Å². The number of likely N-dealkylation sites (tertiary alicyclic amines) is 1. The largest absolute Gasteiger partial charge is 0.509 e. The van der Waals surface area contributed by atoms with Gasteiger partial charge in [0.25, 0.3) is 0 Å². The van der Waals surface area contributed by atoms with E-state index in [0.29, 0.717) is 32.5 Å². The summed E-state index contributed by atoms with van der Waals surface area (Å²) in [6.45, 7) is 1.88. The van der Waals surface area contributed by atoms with Crippen molar-refractivity contribution in [1.82, 2.24) is 15.2 Å². The Morgan fingerprint density at radius 1 is 1.29 bits per heavy atom. The van der Waals surface area contributed by atoms with Crippen LogP contribution in [0.3, 0.4) is 0 Å². The molecule has 2 aromatic rings. The molecule has 2 fully saturated rings. The van der Waals surface area contributed by atoms with Gasteiger partial charge in [0.15, 0.2) is 5.60 Å². The molecule has 1 aromatic heterocycles. The van der Waals surface area contributed by atoms with Crippen LogP contribution in [-0.2, 0) is 16.0 Å². The first kappa shape index (κ1) is 14.9. The molecule has 0 unspecified atom stereocenters. The van der Waals surface area contributed by atoms with Crippen LogP contribution in [0.15, 0.2) is 30.5 Å². The zero-order valence-electron chi connectivity index (χ0n) is 13.2. The predicted octanol–water partition coefficient (Wildman–Crippen LogP) is 2.38. The fourth-order valence-electron chi connectivity index (χ4n) is 3.28. The number of benzene rings is 1. The van der Waals surface area contributed by atoms with Gasteiger partial charge in [-0.25, -0.2) is 9.59 Å². The number of rotatable bonds is 2. The Labute approximate surface area is 138 Å². The number of piperidine rings is 1. The molecule has 3 heterocycles. The normalized spacial score (nSPS) is 19.3. The third-order valence-corrected chi connectivity index (χ3v) is 4.78. The van der Waals surface area contributed by atoms with E-state index in [1.165, 1.54) is 0 Å². The maximum atomic E-state index is 12.3. The zero-order valence-corrected chi connectivity index (χ0v) is 13.2. The number of nitrogens with zero attached hydrogens (tertiary/aromatic N) is 1. The Hall–Kier alpha value is -2.70. The number of hydrogen-bond donors (Lipinski definition) is 2. The van der Waals surface area contributed by atoms with Crippen LogP contribution < -0.4 is 5.32 Å². The number of amides is 2. The van der Waals surface area contributed by atoms with E-state index in [1.807, 2.05) is 30.5 Å². The van der Waals surface area contributed by atoms with E-state index in [0.717, 1.165) is 16.5 Å². The highest BCUT2D eigenvalue weighted by Gasteiger charge is 2.45. The van der Waals surface area contributed by atoms with E-state index in [-0.39, 0.29) is 12.6 Å². The fraction of sp³-hybridized carbons (Fsp3) is 0.412. The van der Waals surface area contributed by atoms with Crippen molar-refractivity contribution in [2.75, 3.05) is 19.7 Å². The lowest BCUT2D eigenvalue weighted by molar-refractivity contribution is 0.00933. The maximum absolute atomic E-state index is 12.3. The van der Waals surface area contributed by atoms with Gasteiger partial charge in [0, 0.05) is 44.2 Å². The summed E-state index contributed by atoms with van der Waals surface area (Å²) in [7, 11) is 0. The van der Waals surface area contributed by atoms with Gasteiger partial charge in [-0.05, 0) is 23.1 Å². The van der Waals surface area contributed by atoms with Crippen molar-refractivity contribution >= 4 is 23.1 Å². The van der Waals surface area contributed by atoms with Gasteiger partial charge >= 0.3 is 12.2 Å². The molecule has 126 valence electrons. The molecule has 7 nitrogen and oxygen atoms in total.